The van der Waals surface area contributed by atoms with Gasteiger partial charge in [-0.15, -0.1) is 0 Å². The van der Waals surface area contributed by atoms with Crippen molar-refractivity contribution >= 4 is 28.6 Å². The molecule has 2 aromatic heterocycles. The Labute approximate surface area is 121 Å². The van der Waals surface area contributed by atoms with Crippen LogP contribution in [0.15, 0.2) is 36.7 Å². The smallest absolute Gasteiger partial charge is 0.413 e. The highest BCUT2D eigenvalue weighted by Gasteiger charge is 2.18. The van der Waals surface area contributed by atoms with Crippen LogP contribution in [0.4, 0.5) is 10.6 Å². The lowest BCUT2D eigenvalue weighted by Crippen LogP contribution is -2.27. The van der Waals surface area contributed by atoms with Gasteiger partial charge in [-0.2, -0.15) is 0 Å². The number of fused-ring (bicyclic) bond motifs is 3. The van der Waals surface area contributed by atoms with E-state index >= 15 is 0 Å². The van der Waals surface area contributed by atoms with Gasteiger partial charge >= 0.3 is 6.09 Å². The monoisotopic (exact) mass is 284 g/mol. The van der Waals surface area contributed by atoms with E-state index in [-0.39, 0.29) is 0 Å². The van der Waals surface area contributed by atoms with E-state index in [1.54, 1.807) is 6.20 Å². The number of amides is 1. The van der Waals surface area contributed by atoms with E-state index < -0.39 is 11.7 Å². The second kappa shape index (κ2) is 4.73. The second-order valence-corrected chi connectivity index (χ2v) is 5.70. The third kappa shape index (κ3) is 2.65. The number of aromatic nitrogens is 3. The number of rotatable bonds is 1. The van der Waals surface area contributed by atoms with Crippen LogP contribution in [0.25, 0.3) is 16.7 Å². The molecule has 0 radical (unpaired) electrons. The van der Waals surface area contributed by atoms with Gasteiger partial charge in [-0.05, 0) is 32.9 Å². The van der Waals surface area contributed by atoms with Crippen LogP contribution in [-0.2, 0) is 4.74 Å². The molecular weight excluding hydrogens is 268 g/mol. The van der Waals surface area contributed by atoms with E-state index in [1.807, 2.05) is 55.6 Å². The highest BCUT2D eigenvalue weighted by atomic mass is 16.6. The van der Waals surface area contributed by atoms with Crippen LogP contribution in [0, 0.1) is 0 Å². The van der Waals surface area contributed by atoms with Crippen LogP contribution in [0.5, 0.6) is 0 Å². The van der Waals surface area contributed by atoms with Crippen molar-refractivity contribution in [3.63, 3.8) is 0 Å². The summed E-state index contributed by atoms with van der Waals surface area (Å²) in [6.45, 7) is 5.43. The van der Waals surface area contributed by atoms with Crippen LogP contribution in [0.1, 0.15) is 20.8 Å². The van der Waals surface area contributed by atoms with Crippen molar-refractivity contribution in [2.45, 2.75) is 26.4 Å². The van der Waals surface area contributed by atoms with Crippen molar-refractivity contribution < 1.29 is 9.53 Å². The highest BCUT2D eigenvalue weighted by molar-refractivity contribution is 5.91. The Morgan fingerprint density at radius 1 is 1.29 bits per heavy atom. The summed E-state index contributed by atoms with van der Waals surface area (Å²) in [6, 6.07) is 7.74. The van der Waals surface area contributed by atoms with Crippen molar-refractivity contribution in [1.29, 1.82) is 0 Å². The molecule has 1 aromatic carbocycles. The number of benzene rings is 1. The number of para-hydroxylation sites is 2. The first kappa shape index (κ1) is 13.4. The molecule has 0 bridgehead atoms. The third-order valence-corrected chi connectivity index (χ3v) is 2.85. The summed E-state index contributed by atoms with van der Waals surface area (Å²) in [5.74, 6) is 0.378. The lowest BCUT2D eigenvalue weighted by atomic mass is 10.2. The maximum Gasteiger partial charge on any atom is 0.413 e. The van der Waals surface area contributed by atoms with Crippen LogP contribution >= 0.6 is 0 Å². The standard InChI is InChI=1S/C15H16N4O2/c1-15(2,3)21-14(20)18-12-13-17-10-6-4-5-7-11(10)19(13)9-8-16-12/h4-9H,1-3H3,(H,16,18,20). The number of carbonyl (C=O) groups is 1. The van der Waals surface area contributed by atoms with Crippen LogP contribution in [-0.4, -0.2) is 26.1 Å². The summed E-state index contributed by atoms with van der Waals surface area (Å²) >= 11 is 0. The molecule has 0 aliphatic heterocycles. The van der Waals surface area contributed by atoms with Gasteiger partial charge in [-0.1, -0.05) is 12.1 Å². The van der Waals surface area contributed by atoms with Gasteiger partial charge in [0.15, 0.2) is 11.5 Å². The Morgan fingerprint density at radius 2 is 2.05 bits per heavy atom. The summed E-state index contributed by atoms with van der Waals surface area (Å²) in [5.41, 5.74) is 1.83. The minimum atomic E-state index is -0.560. The molecule has 3 rings (SSSR count). The van der Waals surface area contributed by atoms with E-state index in [1.165, 1.54) is 0 Å². The Bertz CT molecular complexity index is 817. The topological polar surface area (TPSA) is 68.5 Å². The van der Waals surface area contributed by atoms with Crippen LogP contribution in [0.3, 0.4) is 0 Å². The van der Waals surface area contributed by atoms with E-state index in [0.29, 0.717) is 11.5 Å². The summed E-state index contributed by atoms with van der Waals surface area (Å²) in [6.07, 6.45) is 2.88. The first-order valence-corrected chi connectivity index (χ1v) is 6.66. The number of nitrogens with one attached hydrogen (secondary N) is 1. The van der Waals surface area contributed by atoms with Crippen molar-refractivity contribution in [2.75, 3.05) is 5.32 Å². The molecular formula is C15H16N4O2. The molecule has 0 spiro atoms. The molecule has 0 fully saturated rings. The van der Waals surface area contributed by atoms with Gasteiger partial charge in [0.1, 0.15) is 5.60 Å². The molecule has 0 atom stereocenters. The van der Waals surface area contributed by atoms with E-state index in [4.69, 9.17) is 4.74 Å². The molecule has 0 saturated heterocycles. The molecule has 0 saturated carbocycles. The summed E-state index contributed by atoms with van der Waals surface area (Å²) in [7, 11) is 0. The van der Waals surface area contributed by atoms with E-state index in [2.05, 4.69) is 15.3 Å². The molecule has 0 aliphatic carbocycles. The van der Waals surface area contributed by atoms with Crippen molar-refractivity contribution in [2.24, 2.45) is 0 Å². The molecule has 21 heavy (non-hydrogen) atoms. The SMILES string of the molecule is CC(C)(C)OC(=O)Nc1nccn2c1nc1ccccc12. The molecule has 2 heterocycles. The fourth-order valence-electron chi connectivity index (χ4n) is 2.08. The number of carbonyl (C=O) groups excluding carboxylic acids is 1. The van der Waals surface area contributed by atoms with E-state index in [0.717, 1.165) is 11.0 Å². The van der Waals surface area contributed by atoms with Crippen molar-refractivity contribution in [3.8, 4) is 0 Å². The Kier molecular flexibility index (Phi) is 3.01. The van der Waals surface area contributed by atoms with Crippen molar-refractivity contribution in [3.05, 3.63) is 36.7 Å². The van der Waals surface area contributed by atoms with Gasteiger partial charge in [0.25, 0.3) is 0 Å². The number of anilines is 1. The summed E-state index contributed by atoms with van der Waals surface area (Å²) in [4.78, 5) is 20.5. The first-order valence-electron chi connectivity index (χ1n) is 6.66. The van der Waals surface area contributed by atoms with Crippen LogP contribution < -0.4 is 5.32 Å². The zero-order valence-electron chi connectivity index (χ0n) is 12.1. The van der Waals surface area contributed by atoms with Gasteiger partial charge in [0.05, 0.1) is 11.0 Å². The molecule has 108 valence electrons. The maximum absolute atomic E-state index is 11.9. The number of hydrogen-bond donors (Lipinski definition) is 1. The Morgan fingerprint density at radius 3 is 2.81 bits per heavy atom. The number of imidazole rings is 1. The van der Waals surface area contributed by atoms with Gasteiger partial charge in [0, 0.05) is 12.4 Å². The predicted molar refractivity (Wildman–Crippen MR) is 80.3 cm³/mol. The minimum Gasteiger partial charge on any atom is -0.444 e. The highest BCUT2D eigenvalue weighted by Crippen LogP contribution is 2.20. The van der Waals surface area contributed by atoms with E-state index in [9.17, 15) is 4.79 Å². The predicted octanol–water partition coefficient (Wildman–Crippen LogP) is 3.23. The summed E-state index contributed by atoms with van der Waals surface area (Å²) in [5, 5.41) is 2.65. The number of hydrogen-bond acceptors (Lipinski definition) is 4. The van der Waals surface area contributed by atoms with Crippen LogP contribution in [0.2, 0.25) is 0 Å². The normalized spacial score (nSPS) is 11.8. The van der Waals surface area contributed by atoms with Gasteiger partial charge < -0.3 is 4.74 Å². The van der Waals surface area contributed by atoms with Gasteiger partial charge in [-0.25, -0.2) is 14.8 Å². The Hall–Kier alpha value is -2.63. The molecule has 1 amide bonds. The summed E-state index contributed by atoms with van der Waals surface area (Å²) < 4.78 is 7.12. The molecule has 0 unspecified atom stereocenters. The Balaban J connectivity index is 2.01. The average Bonchev–Trinajstić information content (AvgIpc) is 2.76. The lowest BCUT2D eigenvalue weighted by Gasteiger charge is -2.19. The average molecular weight is 284 g/mol. The van der Waals surface area contributed by atoms with Crippen molar-refractivity contribution in [1.82, 2.24) is 14.4 Å². The fourth-order valence-corrected chi connectivity index (χ4v) is 2.08. The second-order valence-electron chi connectivity index (χ2n) is 5.70. The molecule has 3 aromatic rings. The number of nitrogens with zero attached hydrogens (tertiary/aromatic N) is 3. The first-order chi connectivity index (χ1) is 9.94. The lowest BCUT2D eigenvalue weighted by molar-refractivity contribution is 0.0635. The fraction of sp³-hybridized carbons (Fsp3) is 0.267. The molecule has 6 nitrogen and oxygen atoms in total. The zero-order chi connectivity index (χ0) is 15.0. The zero-order valence-corrected chi connectivity index (χ0v) is 12.1. The maximum atomic E-state index is 11.9. The minimum absolute atomic E-state index is 0.378. The van der Waals surface area contributed by atoms with Gasteiger partial charge in [-0.3, -0.25) is 9.72 Å². The third-order valence-electron chi connectivity index (χ3n) is 2.85. The largest absolute Gasteiger partial charge is 0.444 e. The van der Waals surface area contributed by atoms with Gasteiger partial charge in [0.2, 0.25) is 0 Å². The molecule has 0 aliphatic rings. The number of ether oxygens (including phenoxy) is 1. The quantitative estimate of drug-likeness (QED) is 0.745. The molecule has 6 heteroatoms. The molecule has 1 N–H and O–H groups in total.